The Kier molecular flexibility index (Phi) is 24.1. The number of benzene rings is 6. The molecule has 0 saturated carbocycles. The number of halogens is 6. The van der Waals surface area contributed by atoms with E-state index in [0.29, 0.717) is 137 Å². The molecule has 0 aliphatic rings. The minimum absolute atomic E-state index is 0.103. The minimum atomic E-state index is -0.793. The van der Waals surface area contributed by atoms with E-state index in [9.17, 15) is 23.2 Å². The van der Waals surface area contributed by atoms with E-state index in [1.807, 2.05) is 83.6 Å². The molecule has 22 nitrogen and oxygen atoms in total. The Labute approximate surface area is 604 Å². The van der Waals surface area contributed by atoms with Crippen molar-refractivity contribution in [3.05, 3.63) is 261 Å². The lowest BCUT2D eigenvalue weighted by Gasteiger charge is -2.15. The Bertz CT molecular complexity index is 4580. The third-order valence-electron chi connectivity index (χ3n) is 16.0. The average Bonchev–Trinajstić information content (AvgIpc) is 1.63. The van der Waals surface area contributed by atoms with Crippen molar-refractivity contribution < 1.29 is 51.6 Å². The van der Waals surface area contributed by atoms with E-state index < -0.39 is 11.6 Å². The molecule has 0 spiro atoms. The van der Waals surface area contributed by atoms with Crippen LogP contribution in [0.25, 0.3) is 33.1 Å². The summed E-state index contributed by atoms with van der Waals surface area (Å²) in [7, 11) is 8.75. The number of methoxy groups -OCH3 is 6. The van der Waals surface area contributed by atoms with Gasteiger partial charge in [0.2, 0.25) is 17.7 Å². The van der Waals surface area contributed by atoms with Gasteiger partial charge in [0.15, 0.2) is 23.1 Å². The molecular weight excluding hydrogens is 1390 g/mol. The number of amides is 3. The number of hydrogen-bond donors (Lipinski definition) is 3. The SMILES string of the molecule is C=CC(=O)Nc1ccccc1Cc1ncc2c(ccn2Cc2c(Cl)c(OC)cc(OC)c2Cl)n1.C=CC(=O)Nc1ccccc1Cc1ncc2c(ccn2Cc2c(F)c(OC)cc(OC)c2F)n1.C=CC(=O)Nc1ccccc1Cc1ncc2c(cnn2Cc2c(Cl)c(OC)cc(OC)c2Cl)n1. The number of rotatable bonds is 24. The lowest BCUT2D eigenvalue weighted by Crippen LogP contribution is -2.10. The second-order valence-corrected chi connectivity index (χ2v) is 23.6. The molecule has 0 unspecified atom stereocenters. The standard InChI is InChI=1S/C25H22Cl2N4O3.C25H22F2N4O3.C24H21Cl2N5O3/c2*1-4-23(32)30-17-8-6-5-7-15(17)11-22-28-13-19-18(29-22)9-10-31(19)14-16-24(26)20(33-2)12-21(34-3)25(16)27;1-4-22(32)30-16-8-6-5-7-14(16)9-21-27-12-18-17(29-21)11-28-31(18)13-15-23(25)19(33-2)10-20(34-3)24(15)26/h2*4-10,12-13H,1,11,14H2,2-3H3,(H,30,32);4-8,10-12H,1,9,13H2,2-3H3,(H,30,32). The Balaban J connectivity index is 0.000000165. The second kappa shape index (κ2) is 33.6. The Morgan fingerprint density at radius 2 is 0.755 bits per heavy atom. The maximum Gasteiger partial charge on any atom is 0.247 e. The first-order valence-electron chi connectivity index (χ1n) is 30.9. The van der Waals surface area contributed by atoms with Crippen LogP contribution in [0.4, 0.5) is 25.8 Å². The molecule has 0 fully saturated rings. The van der Waals surface area contributed by atoms with Crippen molar-refractivity contribution in [2.45, 2.75) is 38.9 Å². The van der Waals surface area contributed by atoms with Gasteiger partial charge in [0.05, 0.1) is 135 Å². The second-order valence-electron chi connectivity index (χ2n) is 22.1. The summed E-state index contributed by atoms with van der Waals surface area (Å²) in [4.78, 5) is 62.6. The van der Waals surface area contributed by atoms with Crippen molar-refractivity contribution in [2.24, 2.45) is 0 Å². The summed E-state index contributed by atoms with van der Waals surface area (Å²) in [5, 5.41) is 14.4. The first kappa shape index (κ1) is 73.3. The highest BCUT2D eigenvalue weighted by atomic mass is 35.5. The largest absolute Gasteiger partial charge is 0.495 e. The van der Waals surface area contributed by atoms with E-state index in [2.05, 4.69) is 65.7 Å². The highest BCUT2D eigenvalue weighted by Crippen LogP contribution is 2.43. The maximum atomic E-state index is 14.8. The summed E-state index contributed by atoms with van der Waals surface area (Å²) in [6, 6.07) is 30.5. The zero-order chi connectivity index (χ0) is 72.7. The molecule has 6 aromatic heterocycles. The van der Waals surface area contributed by atoms with Crippen LogP contribution in [0.2, 0.25) is 20.1 Å². The summed E-state index contributed by atoms with van der Waals surface area (Å²) in [6.07, 6.45) is 15.3. The van der Waals surface area contributed by atoms with E-state index in [1.54, 1.807) is 78.7 Å². The highest BCUT2D eigenvalue weighted by molar-refractivity contribution is 6.38. The van der Waals surface area contributed by atoms with Crippen LogP contribution in [-0.2, 0) is 53.3 Å². The molecule has 12 aromatic rings. The molecule has 0 atom stereocenters. The third-order valence-corrected chi connectivity index (χ3v) is 17.6. The predicted molar refractivity (Wildman–Crippen MR) is 391 cm³/mol. The number of fused-ring (bicyclic) bond motifs is 3. The first-order valence-corrected chi connectivity index (χ1v) is 32.4. The van der Waals surface area contributed by atoms with Gasteiger partial charge in [0.25, 0.3) is 0 Å². The lowest BCUT2D eigenvalue weighted by molar-refractivity contribution is -0.112. The Hall–Kier alpha value is -11.4. The van der Waals surface area contributed by atoms with Crippen LogP contribution < -0.4 is 44.4 Å². The van der Waals surface area contributed by atoms with Gasteiger partial charge in [-0.25, -0.2) is 38.7 Å². The summed E-state index contributed by atoms with van der Waals surface area (Å²) in [5.41, 5.74) is 9.95. The van der Waals surface area contributed by atoms with E-state index in [-0.39, 0.29) is 47.9 Å². The fourth-order valence-electron chi connectivity index (χ4n) is 10.8. The molecule has 0 saturated heterocycles. The molecule has 522 valence electrons. The molecule has 0 bridgehead atoms. The zero-order valence-corrected chi connectivity index (χ0v) is 58.8. The number of ether oxygens (including phenoxy) is 6. The van der Waals surface area contributed by atoms with E-state index in [4.69, 9.17) is 79.8 Å². The number of nitrogens with zero attached hydrogens (tertiary/aromatic N) is 10. The minimum Gasteiger partial charge on any atom is -0.495 e. The van der Waals surface area contributed by atoms with Gasteiger partial charge in [-0.05, 0) is 65.3 Å². The van der Waals surface area contributed by atoms with Gasteiger partial charge < -0.3 is 53.5 Å². The first-order chi connectivity index (χ1) is 49.3. The Morgan fingerprint density at radius 1 is 0.431 bits per heavy atom. The molecular formula is C74H65Cl4F2N13O9. The van der Waals surface area contributed by atoms with E-state index in [0.717, 1.165) is 27.7 Å². The van der Waals surface area contributed by atoms with Crippen LogP contribution in [0.15, 0.2) is 178 Å². The molecule has 0 radical (unpaired) electrons. The summed E-state index contributed by atoms with van der Waals surface area (Å²) in [6.45, 7) is 11.0. The van der Waals surface area contributed by atoms with Crippen molar-refractivity contribution in [3.8, 4) is 34.5 Å². The Morgan fingerprint density at radius 3 is 1.12 bits per heavy atom. The molecule has 6 heterocycles. The number of aromatic nitrogens is 10. The van der Waals surface area contributed by atoms with Gasteiger partial charge in [-0.3, -0.25) is 19.1 Å². The number of carbonyl (C=O) groups excluding carboxylic acids is 3. The van der Waals surface area contributed by atoms with Crippen LogP contribution in [0.3, 0.4) is 0 Å². The van der Waals surface area contributed by atoms with Crippen molar-refractivity contribution in [1.29, 1.82) is 0 Å². The molecule has 28 heteroatoms. The van der Waals surface area contributed by atoms with E-state index in [1.165, 1.54) is 52.7 Å². The number of nitrogens with one attached hydrogen (secondary N) is 3. The fourth-order valence-corrected chi connectivity index (χ4v) is 12.0. The normalized spacial score (nSPS) is 10.8. The van der Waals surface area contributed by atoms with Gasteiger partial charge in [0, 0.05) is 78.0 Å². The molecule has 6 aromatic carbocycles. The monoisotopic (exact) mass is 1460 g/mol. The van der Waals surface area contributed by atoms with Crippen LogP contribution >= 0.6 is 46.4 Å². The maximum absolute atomic E-state index is 14.8. The molecule has 3 amide bonds. The number of para-hydroxylation sites is 3. The number of hydrogen-bond acceptors (Lipinski definition) is 16. The molecule has 3 N–H and O–H groups in total. The zero-order valence-electron chi connectivity index (χ0n) is 55.8. The predicted octanol–water partition coefficient (Wildman–Crippen LogP) is 14.9. The summed E-state index contributed by atoms with van der Waals surface area (Å²) >= 11 is 26.1. The lowest BCUT2D eigenvalue weighted by atomic mass is 10.1. The molecule has 0 aliphatic carbocycles. The van der Waals surface area contributed by atoms with E-state index >= 15 is 0 Å². The van der Waals surface area contributed by atoms with Gasteiger partial charge >= 0.3 is 0 Å². The van der Waals surface area contributed by atoms with Gasteiger partial charge in [-0.2, -0.15) is 5.10 Å². The van der Waals surface area contributed by atoms with Crippen LogP contribution in [-0.4, -0.2) is 109 Å². The summed E-state index contributed by atoms with van der Waals surface area (Å²) < 4.78 is 66.4. The fraction of sp³-hybridized carbons (Fsp3) is 0.162. The van der Waals surface area contributed by atoms with Crippen LogP contribution in [0.1, 0.15) is 50.9 Å². The quantitative estimate of drug-likeness (QED) is 0.0476. The van der Waals surface area contributed by atoms with Gasteiger partial charge in [0.1, 0.15) is 51.5 Å². The van der Waals surface area contributed by atoms with Gasteiger partial charge in [-0.15, -0.1) is 0 Å². The van der Waals surface area contributed by atoms with Crippen molar-refractivity contribution in [2.75, 3.05) is 58.6 Å². The third kappa shape index (κ3) is 16.7. The van der Waals surface area contributed by atoms with Gasteiger partial charge in [-0.1, -0.05) is 121 Å². The average molecular weight is 1460 g/mol. The van der Waals surface area contributed by atoms with Crippen LogP contribution in [0.5, 0.6) is 34.5 Å². The van der Waals surface area contributed by atoms with Crippen LogP contribution in [0, 0.1) is 11.6 Å². The van der Waals surface area contributed by atoms with Crippen molar-refractivity contribution in [1.82, 2.24) is 48.8 Å². The summed E-state index contributed by atoms with van der Waals surface area (Å²) in [5.74, 6) is 0.962. The molecule has 0 aliphatic heterocycles. The highest BCUT2D eigenvalue weighted by Gasteiger charge is 2.24. The number of anilines is 3. The van der Waals surface area contributed by atoms with Crippen molar-refractivity contribution >= 4 is 114 Å². The molecule has 102 heavy (non-hydrogen) atoms. The smallest absolute Gasteiger partial charge is 0.247 e. The molecule has 12 rings (SSSR count). The van der Waals surface area contributed by atoms with Crippen molar-refractivity contribution in [3.63, 3.8) is 0 Å². The number of carbonyl (C=O) groups is 3. The topological polar surface area (TPSA) is 248 Å².